The van der Waals surface area contributed by atoms with Crippen molar-refractivity contribution in [3.63, 3.8) is 0 Å². The van der Waals surface area contributed by atoms with Crippen LogP contribution < -0.4 is 0 Å². The third-order valence-corrected chi connectivity index (χ3v) is 2.93. The lowest BCUT2D eigenvalue weighted by Crippen LogP contribution is -1.95. The van der Waals surface area contributed by atoms with Crippen molar-refractivity contribution >= 4 is 5.78 Å². The third-order valence-electron chi connectivity index (χ3n) is 2.93. The van der Waals surface area contributed by atoms with Gasteiger partial charge < -0.3 is 0 Å². The van der Waals surface area contributed by atoms with E-state index in [0.717, 1.165) is 12.0 Å². The molecule has 0 heterocycles. The number of carbonyl (C=O) groups excluding carboxylic acids is 1. The van der Waals surface area contributed by atoms with E-state index in [9.17, 15) is 13.6 Å². The highest BCUT2D eigenvalue weighted by Gasteiger charge is 2.41. The molecular formula is C12H12F2O. The fourth-order valence-electron chi connectivity index (χ4n) is 1.90. The molecule has 1 aliphatic carbocycles. The van der Waals surface area contributed by atoms with Gasteiger partial charge in [-0.3, -0.25) is 4.79 Å². The van der Waals surface area contributed by atoms with Crippen LogP contribution in [0.5, 0.6) is 0 Å². The minimum Gasteiger partial charge on any atom is -0.300 e. The van der Waals surface area contributed by atoms with E-state index >= 15 is 0 Å². The summed E-state index contributed by atoms with van der Waals surface area (Å²) in [7, 11) is 0. The molecule has 0 N–H and O–H groups in total. The average molecular weight is 210 g/mol. The Labute approximate surface area is 87.1 Å². The Hall–Kier alpha value is -1.25. The molecule has 1 aliphatic rings. The van der Waals surface area contributed by atoms with E-state index in [2.05, 4.69) is 0 Å². The van der Waals surface area contributed by atoms with Gasteiger partial charge in [-0.1, -0.05) is 24.3 Å². The SMILES string of the molecule is CC(=O)C1CC1c1ccc(C(F)F)cc1. The summed E-state index contributed by atoms with van der Waals surface area (Å²) in [6, 6.07) is 6.29. The van der Waals surface area contributed by atoms with Gasteiger partial charge in [0, 0.05) is 11.5 Å². The zero-order valence-corrected chi connectivity index (χ0v) is 8.41. The Kier molecular flexibility index (Phi) is 2.55. The minimum absolute atomic E-state index is 0.0405. The van der Waals surface area contributed by atoms with E-state index in [0.29, 0.717) is 0 Å². The highest BCUT2D eigenvalue weighted by atomic mass is 19.3. The predicted octanol–water partition coefficient (Wildman–Crippen LogP) is 3.32. The molecule has 15 heavy (non-hydrogen) atoms. The molecule has 0 spiro atoms. The summed E-state index contributed by atoms with van der Waals surface area (Å²) < 4.78 is 24.5. The summed E-state index contributed by atoms with van der Waals surface area (Å²) in [5, 5.41) is 0. The Morgan fingerprint density at radius 1 is 1.33 bits per heavy atom. The van der Waals surface area contributed by atoms with Crippen LogP contribution in [0.3, 0.4) is 0 Å². The van der Waals surface area contributed by atoms with E-state index in [4.69, 9.17) is 0 Å². The van der Waals surface area contributed by atoms with Gasteiger partial charge in [-0.05, 0) is 24.8 Å². The van der Waals surface area contributed by atoms with Crippen LogP contribution in [0.4, 0.5) is 8.78 Å². The maximum Gasteiger partial charge on any atom is 0.263 e. The lowest BCUT2D eigenvalue weighted by atomic mass is 10.1. The van der Waals surface area contributed by atoms with Crippen LogP contribution in [-0.2, 0) is 4.79 Å². The Morgan fingerprint density at radius 3 is 2.33 bits per heavy atom. The fraction of sp³-hybridized carbons (Fsp3) is 0.417. The first-order valence-corrected chi connectivity index (χ1v) is 4.98. The number of halogens is 2. The second-order valence-corrected chi connectivity index (χ2v) is 4.03. The number of Topliss-reactive ketones (excluding diaryl/α,β-unsaturated/α-hetero) is 1. The molecule has 1 aromatic carbocycles. The maximum atomic E-state index is 12.3. The standard InChI is InChI=1S/C12H12F2O/c1-7(15)10-6-11(10)8-2-4-9(5-3-8)12(13)14/h2-5,10-12H,6H2,1H3. The van der Waals surface area contributed by atoms with Gasteiger partial charge in [-0.2, -0.15) is 0 Å². The summed E-state index contributed by atoms with van der Waals surface area (Å²) in [5.74, 6) is 0.564. The lowest BCUT2D eigenvalue weighted by Gasteiger charge is -2.02. The number of hydrogen-bond acceptors (Lipinski definition) is 1. The van der Waals surface area contributed by atoms with Crippen LogP contribution in [0.1, 0.15) is 36.8 Å². The largest absolute Gasteiger partial charge is 0.300 e. The number of rotatable bonds is 3. The first kappa shape index (κ1) is 10.3. The molecule has 80 valence electrons. The van der Waals surface area contributed by atoms with Crippen molar-refractivity contribution in [2.75, 3.05) is 0 Å². The van der Waals surface area contributed by atoms with Crippen LogP contribution in [-0.4, -0.2) is 5.78 Å². The topological polar surface area (TPSA) is 17.1 Å². The van der Waals surface area contributed by atoms with E-state index in [1.54, 1.807) is 19.1 Å². The number of hydrogen-bond donors (Lipinski definition) is 0. The van der Waals surface area contributed by atoms with Crippen molar-refractivity contribution in [1.29, 1.82) is 0 Å². The zero-order valence-electron chi connectivity index (χ0n) is 8.41. The Morgan fingerprint density at radius 2 is 1.93 bits per heavy atom. The summed E-state index contributed by atoms with van der Waals surface area (Å²) in [5.41, 5.74) is 1.04. The van der Waals surface area contributed by atoms with Crippen LogP contribution in [0, 0.1) is 5.92 Å². The molecule has 1 nitrogen and oxygen atoms in total. The molecular weight excluding hydrogens is 198 g/mol. The van der Waals surface area contributed by atoms with Crippen LogP contribution in [0.25, 0.3) is 0 Å². The molecule has 1 fully saturated rings. The van der Waals surface area contributed by atoms with Crippen LogP contribution >= 0.6 is 0 Å². The Balaban J connectivity index is 2.09. The zero-order chi connectivity index (χ0) is 11.0. The summed E-state index contributed by atoms with van der Waals surface area (Å²) in [4.78, 5) is 11.0. The number of benzene rings is 1. The van der Waals surface area contributed by atoms with Gasteiger partial charge in [0.25, 0.3) is 6.43 Å². The number of ketones is 1. The molecule has 0 radical (unpaired) electrons. The third kappa shape index (κ3) is 2.06. The molecule has 0 aromatic heterocycles. The van der Waals surface area contributed by atoms with Gasteiger partial charge in [0.1, 0.15) is 5.78 Å². The molecule has 2 atom stereocenters. The molecule has 2 unspecified atom stereocenters. The van der Waals surface area contributed by atoms with Crippen molar-refractivity contribution in [1.82, 2.24) is 0 Å². The monoisotopic (exact) mass is 210 g/mol. The lowest BCUT2D eigenvalue weighted by molar-refractivity contribution is -0.118. The molecule has 0 bridgehead atoms. The molecule has 3 heteroatoms. The van der Waals surface area contributed by atoms with Gasteiger partial charge >= 0.3 is 0 Å². The summed E-state index contributed by atoms with van der Waals surface area (Å²) >= 11 is 0. The van der Waals surface area contributed by atoms with Gasteiger partial charge in [0.15, 0.2) is 0 Å². The number of alkyl halides is 2. The first-order valence-electron chi connectivity index (χ1n) is 4.98. The van der Waals surface area contributed by atoms with Gasteiger partial charge in [0.2, 0.25) is 0 Å². The second kappa shape index (κ2) is 3.72. The minimum atomic E-state index is -2.41. The maximum absolute atomic E-state index is 12.3. The van der Waals surface area contributed by atoms with Gasteiger partial charge in [-0.25, -0.2) is 8.78 Å². The molecule has 0 saturated heterocycles. The highest BCUT2D eigenvalue weighted by Crippen LogP contribution is 2.47. The summed E-state index contributed by atoms with van der Waals surface area (Å²) in [6.45, 7) is 1.58. The molecule has 2 rings (SSSR count). The average Bonchev–Trinajstić information content (AvgIpc) is 2.97. The summed E-state index contributed by atoms with van der Waals surface area (Å²) in [6.07, 6.45) is -1.55. The number of carbonyl (C=O) groups is 1. The second-order valence-electron chi connectivity index (χ2n) is 4.03. The van der Waals surface area contributed by atoms with Crippen molar-refractivity contribution in [2.45, 2.75) is 25.7 Å². The van der Waals surface area contributed by atoms with Crippen molar-refractivity contribution in [3.05, 3.63) is 35.4 Å². The molecule has 0 amide bonds. The Bertz CT molecular complexity index is 370. The van der Waals surface area contributed by atoms with Crippen molar-refractivity contribution in [2.24, 2.45) is 5.92 Å². The molecule has 1 aromatic rings. The van der Waals surface area contributed by atoms with Crippen molar-refractivity contribution < 1.29 is 13.6 Å². The fourth-order valence-corrected chi connectivity index (χ4v) is 1.90. The van der Waals surface area contributed by atoms with E-state index in [1.807, 2.05) is 0 Å². The van der Waals surface area contributed by atoms with Crippen molar-refractivity contribution in [3.8, 4) is 0 Å². The highest BCUT2D eigenvalue weighted by molar-refractivity contribution is 5.82. The van der Waals surface area contributed by atoms with Crippen LogP contribution in [0.15, 0.2) is 24.3 Å². The molecule has 0 aliphatic heterocycles. The predicted molar refractivity (Wildman–Crippen MR) is 52.9 cm³/mol. The van der Waals surface area contributed by atoms with E-state index in [1.165, 1.54) is 12.1 Å². The smallest absolute Gasteiger partial charge is 0.263 e. The van der Waals surface area contributed by atoms with Gasteiger partial charge in [0.05, 0.1) is 0 Å². The molecule has 1 saturated carbocycles. The van der Waals surface area contributed by atoms with Crippen LogP contribution in [0.2, 0.25) is 0 Å². The van der Waals surface area contributed by atoms with E-state index in [-0.39, 0.29) is 23.2 Å². The quantitative estimate of drug-likeness (QED) is 0.748. The van der Waals surface area contributed by atoms with Gasteiger partial charge in [-0.15, -0.1) is 0 Å². The van der Waals surface area contributed by atoms with E-state index < -0.39 is 6.43 Å². The first-order chi connectivity index (χ1) is 7.09. The normalized spacial score (nSPS) is 24.3.